The number of non-ortho nitro benzene ring substituents is 1. The van der Waals surface area contributed by atoms with Crippen LogP contribution >= 0.6 is 24.0 Å². The first kappa shape index (κ1) is 11.8. The van der Waals surface area contributed by atoms with E-state index in [4.69, 9.17) is 5.11 Å². The number of carbonyl (C=O) groups is 1. The average Bonchev–Trinajstić information content (AvgIpc) is 2.04. The first-order valence-corrected chi connectivity index (χ1v) is 3.09. The molecule has 0 saturated carbocycles. The lowest BCUT2D eigenvalue weighted by Gasteiger charge is -1.92. The maximum atomic E-state index is 10.4. The molecule has 13 heavy (non-hydrogen) atoms. The molecule has 0 aliphatic carbocycles. The van der Waals surface area contributed by atoms with Crippen molar-refractivity contribution in [3.05, 3.63) is 39.9 Å². The van der Waals surface area contributed by atoms with Crippen LogP contribution in [0, 0.1) is 10.1 Å². The lowest BCUT2D eigenvalue weighted by Crippen LogP contribution is -1.97. The minimum Gasteiger partial charge on any atom is -0.478 e. The lowest BCUT2D eigenvalue weighted by atomic mass is 10.2. The van der Waals surface area contributed by atoms with Crippen LogP contribution in [0.1, 0.15) is 10.4 Å². The highest BCUT2D eigenvalue weighted by molar-refractivity contribution is 14.0. The summed E-state index contributed by atoms with van der Waals surface area (Å²) in [7, 11) is 0. The highest BCUT2D eigenvalue weighted by Crippen LogP contribution is 2.12. The Labute approximate surface area is 90.5 Å². The topological polar surface area (TPSA) is 80.4 Å². The van der Waals surface area contributed by atoms with Crippen molar-refractivity contribution in [2.75, 3.05) is 0 Å². The molecule has 5 nitrogen and oxygen atoms in total. The number of nitro benzene ring substituents is 1. The largest absolute Gasteiger partial charge is 0.478 e. The zero-order valence-electron chi connectivity index (χ0n) is 6.34. The van der Waals surface area contributed by atoms with Crippen LogP contribution in [0.15, 0.2) is 24.3 Å². The molecular formula is C7H6INO4. The van der Waals surface area contributed by atoms with Crippen LogP contribution in [0.5, 0.6) is 0 Å². The second-order valence-electron chi connectivity index (χ2n) is 2.11. The molecular weight excluding hydrogens is 289 g/mol. The summed E-state index contributed by atoms with van der Waals surface area (Å²) in [5, 5.41) is 18.7. The number of nitrogens with zero attached hydrogens (tertiary/aromatic N) is 1. The Morgan fingerprint density at radius 3 is 2.54 bits per heavy atom. The van der Waals surface area contributed by atoms with Crippen molar-refractivity contribution < 1.29 is 14.8 Å². The first-order chi connectivity index (χ1) is 5.61. The molecule has 0 aromatic heterocycles. The Kier molecular flexibility index (Phi) is 4.32. The molecule has 0 unspecified atom stereocenters. The van der Waals surface area contributed by atoms with Crippen LogP contribution in [-0.4, -0.2) is 16.0 Å². The van der Waals surface area contributed by atoms with Gasteiger partial charge in [-0.15, -0.1) is 24.0 Å². The lowest BCUT2D eigenvalue weighted by molar-refractivity contribution is -0.384. The molecule has 1 rings (SSSR count). The summed E-state index contributed by atoms with van der Waals surface area (Å²) >= 11 is 0. The molecule has 70 valence electrons. The second-order valence-corrected chi connectivity index (χ2v) is 2.11. The minimum absolute atomic E-state index is 0. The van der Waals surface area contributed by atoms with E-state index < -0.39 is 10.9 Å². The van der Waals surface area contributed by atoms with Crippen LogP contribution in [0.2, 0.25) is 0 Å². The predicted molar refractivity (Wildman–Crippen MR) is 55.5 cm³/mol. The summed E-state index contributed by atoms with van der Waals surface area (Å²) < 4.78 is 0. The standard InChI is InChI=1S/C7H5NO4.HI/c9-7(10)5-2-1-3-6(4-5)8(11)12;/h1-4H,(H,9,10);1H. The molecule has 6 heteroatoms. The van der Waals surface area contributed by atoms with E-state index in [-0.39, 0.29) is 35.2 Å². The third-order valence-electron chi connectivity index (χ3n) is 1.30. The van der Waals surface area contributed by atoms with Gasteiger partial charge in [-0.05, 0) is 6.07 Å². The number of hydrogen-bond acceptors (Lipinski definition) is 3. The summed E-state index contributed by atoms with van der Waals surface area (Å²) in [6.45, 7) is 0. The van der Waals surface area contributed by atoms with Gasteiger partial charge in [0.1, 0.15) is 0 Å². The van der Waals surface area contributed by atoms with E-state index in [9.17, 15) is 14.9 Å². The van der Waals surface area contributed by atoms with Gasteiger partial charge >= 0.3 is 5.97 Å². The van der Waals surface area contributed by atoms with Gasteiger partial charge in [0.15, 0.2) is 0 Å². The van der Waals surface area contributed by atoms with Gasteiger partial charge in [0.2, 0.25) is 0 Å². The fraction of sp³-hybridized carbons (Fsp3) is 0. The van der Waals surface area contributed by atoms with E-state index in [1.54, 1.807) is 0 Å². The predicted octanol–water partition coefficient (Wildman–Crippen LogP) is 1.91. The molecule has 1 aromatic carbocycles. The Balaban J connectivity index is 0.00000144. The maximum Gasteiger partial charge on any atom is 0.335 e. The zero-order chi connectivity index (χ0) is 9.14. The molecule has 0 spiro atoms. The molecule has 0 aliphatic heterocycles. The number of carboxylic acid groups (broad SMARTS) is 1. The summed E-state index contributed by atoms with van der Waals surface area (Å²) in [6.07, 6.45) is 0. The van der Waals surface area contributed by atoms with E-state index in [1.165, 1.54) is 18.2 Å². The number of nitro groups is 1. The van der Waals surface area contributed by atoms with E-state index in [2.05, 4.69) is 0 Å². The fourth-order valence-corrected chi connectivity index (χ4v) is 0.753. The molecule has 1 N–H and O–H groups in total. The van der Waals surface area contributed by atoms with Crippen molar-refractivity contribution in [1.29, 1.82) is 0 Å². The normalized spacial score (nSPS) is 8.62. The third kappa shape index (κ3) is 2.98. The summed E-state index contributed by atoms with van der Waals surface area (Å²) in [6, 6.07) is 4.89. The summed E-state index contributed by atoms with van der Waals surface area (Å²) in [5.41, 5.74) is -0.292. The van der Waals surface area contributed by atoms with Crippen LogP contribution in [0.4, 0.5) is 5.69 Å². The molecule has 0 saturated heterocycles. The Bertz CT molecular complexity index is 310. The summed E-state index contributed by atoms with van der Waals surface area (Å²) in [5.74, 6) is -1.17. The molecule has 0 atom stereocenters. The van der Waals surface area contributed by atoms with Crippen molar-refractivity contribution >= 4 is 35.6 Å². The molecule has 0 amide bonds. The number of rotatable bonds is 2. The van der Waals surface area contributed by atoms with Crippen LogP contribution < -0.4 is 0 Å². The smallest absolute Gasteiger partial charge is 0.335 e. The highest BCUT2D eigenvalue weighted by atomic mass is 127. The molecule has 0 heterocycles. The van der Waals surface area contributed by atoms with Gasteiger partial charge in [-0.25, -0.2) is 4.79 Å². The van der Waals surface area contributed by atoms with E-state index in [0.29, 0.717) is 0 Å². The van der Waals surface area contributed by atoms with Crippen molar-refractivity contribution in [3.63, 3.8) is 0 Å². The number of halogens is 1. The number of carboxylic acids is 1. The van der Waals surface area contributed by atoms with Crippen LogP contribution in [0.25, 0.3) is 0 Å². The summed E-state index contributed by atoms with van der Waals surface area (Å²) in [4.78, 5) is 19.9. The van der Waals surface area contributed by atoms with Gasteiger partial charge in [-0.2, -0.15) is 0 Å². The Hall–Kier alpha value is -1.18. The maximum absolute atomic E-state index is 10.4. The number of hydrogen-bond donors (Lipinski definition) is 1. The number of benzene rings is 1. The Morgan fingerprint density at radius 1 is 1.46 bits per heavy atom. The van der Waals surface area contributed by atoms with Crippen molar-refractivity contribution in [2.24, 2.45) is 0 Å². The third-order valence-corrected chi connectivity index (χ3v) is 1.30. The van der Waals surface area contributed by atoms with E-state index in [0.717, 1.165) is 6.07 Å². The first-order valence-electron chi connectivity index (χ1n) is 3.09. The van der Waals surface area contributed by atoms with Gasteiger partial charge < -0.3 is 5.11 Å². The Morgan fingerprint density at radius 2 is 2.08 bits per heavy atom. The zero-order valence-corrected chi connectivity index (χ0v) is 8.67. The van der Waals surface area contributed by atoms with E-state index in [1.807, 2.05) is 0 Å². The average molecular weight is 295 g/mol. The van der Waals surface area contributed by atoms with E-state index >= 15 is 0 Å². The fourth-order valence-electron chi connectivity index (χ4n) is 0.753. The van der Waals surface area contributed by atoms with Gasteiger partial charge in [0, 0.05) is 12.1 Å². The van der Waals surface area contributed by atoms with Crippen LogP contribution in [0.3, 0.4) is 0 Å². The monoisotopic (exact) mass is 295 g/mol. The molecule has 1 aromatic rings. The minimum atomic E-state index is -1.17. The quantitative estimate of drug-likeness (QED) is 0.513. The number of aromatic carboxylic acids is 1. The van der Waals surface area contributed by atoms with Crippen LogP contribution in [-0.2, 0) is 0 Å². The molecule has 0 aliphatic rings. The second kappa shape index (κ2) is 4.75. The van der Waals surface area contributed by atoms with Crippen molar-refractivity contribution in [1.82, 2.24) is 0 Å². The highest BCUT2D eigenvalue weighted by Gasteiger charge is 2.08. The molecule has 0 bridgehead atoms. The van der Waals surface area contributed by atoms with Gasteiger partial charge in [0.25, 0.3) is 5.69 Å². The van der Waals surface area contributed by atoms with Crippen molar-refractivity contribution in [2.45, 2.75) is 0 Å². The van der Waals surface area contributed by atoms with Crippen molar-refractivity contribution in [3.8, 4) is 0 Å². The van der Waals surface area contributed by atoms with Gasteiger partial charge in [-0.3, -0.25) is 10.1 Å². The van der Waals surface area contributed by atoms with Gasteiger partial charge in [0.05, 0.1) is 10.5 Å². The molecule has 0 radical (unpaired) electrons. The van der Waals surface area contributed by atoms with Gasteiger partial charge in [-0.1, -0.05) is 6.07 Å². The molecule has 0 fully saturated rings. The SMILES string of the molecule is I.O=C(O)c1cccc([N+](=O)[O-])c1.